The Kier molecular flexibility index (Phi) is 4.94. The van der Waals surface area contributed by atoms with Crippen LogP contribution in [0.2, 0.25) is 0 Å². The van der Waals surface area contributed by atoms with Crippen LogP contribution in [0.4, 0.5) is 5.69 Å². The number of nitrogens with one attached hydrogen (secondary N) is 1. The van der Waals surface area contributed by atoms with E-state index in [-0.39, 0.29) is 12.5 Å². The highest BCUT2D eigenvalue weighted by Crippen LogP contribution is 2.12. The van der Waals surface area contributed by atoms with Crippen molar-refractivity contribution in [2.75, 3.05) is 11.9 Å². The molecule has 0 radical (unpaired) electrons. The monoisotopic (exact) mass is 280 g/mol. The van der Waals surface area contributed by atoms with Gasteiger partial charge in [-0.15, -0.1) is 0 Å². The fourth-order valence-electron chi connectivity index (χ4n) is 1.80. The number of amides is 1. The molecule has 106 valence electrons. The van der Waals surface area contributed by atoms with E-state index in [4.69, 9.17) is 10.00 Å². The molecule has 0 saturated carbocycles. The molecule has 0 bridgehead atoms. The van der Waals surface area contributed by atoms with Crippen LogP contribution in [0, 0.1) is 11.3 Å². The molecule has 4 nitrogen and oxygen atoms in total. The maximum atomic E-state index is 11.8. The van der Waals surface area contributed by atoms with E-state index in [1.807, 2.05) is 30.3 Å². The normalized spacial score (nSPS) is 9.71. The average molecular weight is 280 g/mol. The highest BCUT2D eigenvalue weighted by atomic mass is 16.5. The van der Waals surface area contributed by atoms with Crippen molar-refractivity contribution < 1.29 is 9.53 Å². The van der Waals surface area contributed by atoms with Gasteiger partial charge in [-0.05, 0) is 48.4 Å². The molecule has 0 atom stereocenters. The summed E-state index contributed by atoms with van der Waals surface area (Å²) in [5, 5.41) is 11.5. The van der Waals surface area contributed by atoms with Crippen molar-refractivity contribution >= 4 is 11.6 Å². The van der Waals surface area contributed by atoms with Crippen molar-refractivity contribution in [2.45, 2.75) is 13.3 Å². The lowest BCUT2D eigenvalue weighted by Crippen LogP contribution is -2.20. The molecule has 0 fully saturated rings. The van der Waals surface area contributed by atoms with E-state index in [0.29, 0.717) is 11.3 Å². The smallest absolute Gasteiger partial charge is 0.262 e. The van der Waals surface area contributed by atoms with Crippen LogP contribution in [0.5, 0.6) is 5.75 Å². The number of carbonyl (C=O) groups is 1. The Morgan fingerprint density at radius 1 is 1.14 bits per heavy atom. The van der Waals surface area contributed by atoms with Crippen LogP contribution in [0.25, 0.3) is 0 Å². The minimum atomic E-state index is -0.219. The molecule has 0 aliphatic carbocycles. The molecule has 2 aromatic rings. The molecule has 0 aromatic heterocycles. The number of benzene rings is 2. The standard InChI is InChI=1S/C17H16N2O2/c1-2-13-3-7-15(8-4-13)19-17(20)12-21-16-9-5-14(11-18)6-10-16/h3-10H,2,12H2,1H3,(H,19,20). The fraction of sp³-hybridized carbons (Fsp3) is 0.176. The maximum Gasteiger partial charge on any atom is 0.262 e. The third-order valence-corrected chi connectivity index (χ3v) is 3.00. The van der Waals surface area contributed by atoms with E-state index in [2.05, 4.69) is 12.2 Å². The summed E-state index contributed by atoms with van der Waals surface area (Å²) in [7, 11) is 0. The molecule has 0 saturated heterocycles. The Labute approximate surface area is 124 Å². The molecule has 0 heterocycles. The minimum absolute atomic E-state index is 0.0680. The molecule has 1 amide bonds. The van der Waals surface area contributed by atoms with Crippen LogP contribution in [-0.4, -0.2) is 12.5 Å². The molecular weight excluding hydrogens is 264 g/mol. The minimum Gasteiger partial charge on any atom is -0.484 e. The van der Waals surface area contributed by atoms with Crippen LogP contribution in [0.3, 0.4) is 0 Å². The van der Waals surface area contributed by atoms with Gasteiger partial charge in [0.15, 0.2) is 6.61 Å². The lowest BCUT2D eigenvalue weighted by molar-refractivity contribution is -0.118. The van der Waals surface area contributed by atoms with Crippen molar-refractivity contribution in [1.82, 2.24) is 0 Å². The number of hydrogen-bond acceptors (Lipinski definition) is 3. The molecule has 0 unspecified atom stereocenters. The molecule has 21 heavy (non-hydrogen) atoms. The molecule has 2 aromatic carbocycles. The third-order valence-electron chi connectivity index (χ3n) is 3.00. The highest BCUT2D eigenvalue weighted by molar-refractivity contribution is 5.91. The maximum absolute atomic E-state index is 11.8. The Morgan fingerprint density at radius 3 is 2.38 bits per heavy atom. The summed E-state index contributed by atoms with van der Waals surface area (Å²) in [4.78, 5) is 11.8. The van der Waals surface area contributed by atoms with Crippen molar-refractivity contribution in [3.05, 3.63) is 59.7 Å². The van der Waals surface area contributed by atoms with Gasteiger partial charge >= 0.3 is 0 Å². The number of nitriles is 1. The summed E-state index contributed by atoms with van der Waals surface area (Å²) in [6.07, 6.45) is 0.968. The van der Waals surface area contributed by atoms with E-state index < -0.39 is 0 Å². The van der Waals surface area contributed by atoms with Gasteiger partial charge in [0, 0.05) is 5.69 Å². The van der Waals surface area contributed by atoms with Crippen molar-refractivity contribution in [2.24, 2.45) is 0 Å². The van der Waals surface area contributed by atoms with Crippen molar-refractivity contribution in [1.29, 1.82) is 5.26 Å². The fourth-order valence-corrected chi connectivity index (χ4v) is 1.80. The van der Waals surface area contributed by atoms with Gasteiger partial charge in [0.1, 0.15) is 5.75 Å². The quantitative estimate of drug-likeness (QED) is 0.915. The van der Waals surface area contributed by atoms with E-state index in [9.17, 15) is 4.79 Å². The summed E-state index contributed by atoms with van der Waals surface area (Å²) in [6.45, 7) is 2.01. The van der Waals surface area contributed by atoms with Gasteiger partial charge in [0.2, 0.25) is 0 Å². The first-order valence-corrected chi connectivity index (χ1v) is 6.73. The van der Waals surface area contributed by atoms with Gasteiger partial charge in [-0.1, -0.05) is 19.1 Å². The number of ether oxygens (including phenoxy) is 1. The van der Waals surface area contributed by atoms with Crippen molar-refractivity contribution in [3.63, 3.8) is 0 Å². The van der Waals surface area contributed by atoms with Gasteiger partial charge in [-0.3, -0.25) is 4.79 Å². The summed E-state index contributed by atoms with van der Waals surface area (Å²) in [5.41, 5.74) is 2.53. The number of hydrogen-bond donors (Lipinski definition) is 1. The zero-order chi connectivity index (χ0) is 15.1. The predicted octanol–water partition coefficient (Wildman–Crippen LogP) is 3.14. The van der Waals surface area contributed by atoms with Crippen LogP contribution < -0.4 is 10.1 Å². The van der Waals surface area contributed by atoms with E-state index >= 15 is 0 Å². The summed E-state index contributed by atoms with van der Waals surface area (Å²) < 4.78 is 5.36. The second-order valence-electron chi connectivity index (χ2n) is 4.52. The third kappa shape index (κ3) is 4.36. The predicted molar refractivity (Wildman–Crippen MR) is 81.1 cm³/mol. The van der Waals surface area contributed by atoms with Crippen molar-refractivity contribution in [3.8, 4) is 11.8 Å². The number of anilines is 1. The van der Waals surface area contributed by atoms with Crippen LogP contribution >= 0.6 is 0 Å². The van der Waals surface area contributed by atoms with Crippen LogP contribution in [-0.2, 0) is 11.2 Å². The van der Waals surface area contributed by atoms with E-state index in [1.54, 1.807) is 24.3 Å². The molecule has 2 rings (SSSR count). The molecule has 0 spiro atoms. The number of nitrogens with zero attached hydrogens (tertiary/aromatic N) is 1. The highest BCUT2D eigenvalue weighted by Gasteiger charge is 2.04. The largest absolute Gasteiger partial charge is 0.484 e. The SMILES string of the molecule is CCc1ccc(NC(=O)COc2ccc(C#N)cc2)cc1. The summed E-state index contributed by atoms with van der Waals surface area (Å²) >= 11 is 0. The molecule has 1 N–H and O–H groups in total. The zero-order valence-electron chi connectivity index (χ0n) is 11.8. The zero-order valence-corrected chi connectivity index (χ0v) is 11.8. The summed E-state index contributed by atoms with van der Waals surface area (Å²) in [5.74, 6) is 0.342. The van der Waals surface area contributed by atoms with Gasteiger partial charge in [0.05, 0.1) is 11.6 Å². The van der Waals surface area contributed by atoms with Gasteiger partial charge in [-0.25, -0.2) is 0 Å². The lowest BCUT2D eigenvalue weighted by atomic mass is 10.1. The molecule has 0 aliphatic heterocycles. The van der Waals surface area contributed by atoms with E-state index in [0.717, 1.165) is 12.1 Å². The second kappa shape index (κ2) is 7.11. The Hall–Kier alpha value is -2.80. The van der Waals surface area contributed by atoms with Gasteiger partial charge in [-0.2, -0.15) is 5.26 Å². The molecular formula is C17H16N2O2. The number of rotatable bonds is 5. The van der Waals surface area contributed by atoms with Crippen LogP contribution in [0.1, 0.15) is 18.1 Å². The summed E-state index contributed by atoms with van der Waals surface area (Å²) in [6, 6.07) is 16.4. The first-order valence-electron chi connectivity index (χ1n) is 6.73. The Morgan fingerprint density at radius 2 is 1.81 bits per heavy atom. The molecule has 4 heteroatoms. The Balaban J connectivity index is 1.84. The number of aryl methyl sites for hydroxylation is 1. The second-order valence-corrected chi connectivity index (χ2v) is 4.52. The first kappa shape index (κ1) is 14.6. The van der Waals surface area contributed by atoms with Crippen LogP contribution in [0.15, 0.2) is 48.5 Å². The lowest BCUT2D eigenvalue weighted by Gasteiger charge is -2.08. The number of carbonyl (C=O) groups excluding carboxylic acids is 1. The first-order chi connectivity index (χ1) is 10.2. The van der Waals surface area contributed by atoms with Gasteiger partial charge < -0.3 is 10.1 Å². The average Bonchev–Trinajstić information content (AvgIpc) is 2.54. The topological polar surface area (TPSA) is 62.1 Å². The molecule has 0 aliphatic rings. The van der Waals surface area contributed by atoms with Gasteiger partial charge in [0.25, 0.3) is 5.91 Å². The Bertz CT molecular complexity index is 640. The van der Waals surface area contributed by atoms with E-state index in [1.165, 1.54) is 5.56 Å².